The third kappa shape index (κ3) is 2.31. The van der Waals surface area contributed by atoms with Crippen LogP contribution in [-0.4, -0.2) is 34.9 Å². The van der Waals surface area contributed by atoms with E-state index in [0.717, 1.165) is 31.7 Å². The predicted octanol–water partition coefficient (Wildman–Crippen LogP) is 3.68. The zero-order chi connectivity index (χ0) is 17.2. The van der Waals surface area contributed by atoms with Crippen molar-refractivity contribution in [2.75, 3.05) is 13.1 Å². The zero-order valence-electron chi connectivity index (χ0n) is 15.2. The van der Waals surface area contributed by atoms with Crippen LogP contribution in [0.25, 0.3) is 0 Å². The number of fused-ring (bicyclic) bond motifs is 1. The van der Waals surface area contributed by atoms with Crippen molar-refractivity contribution in [2.24, 2.45) is 17.8 Å². The largest absolute Gasteiger partial charge is 0.508 e. The Balaban J connectivity index is 1.59. The van der Waals surface area contributed by atoms with Gasteiger partial charge in [-0.3, -0.25) is 9.69 Å². The van der Waals surface area contributed by atoms with Crippen LogP contribution in [0.3, 0.4) is 0 Å². The SMILES string of the molecule is C[C@@H]1CC(=O)CC23CCN(CC4CCC4)C(Cc4ccc(O)cc42)[C@@H]13. The molecule has 2 unspecified atom stereocenters. The summed E-state index contributed by atoms with van der Waals surface area (Å²) in [4.78, 5) is 15.3. The van der Waals surface area contributed by atoms with E-state index in [1.807, 2.05) is 12.1 Å². The summed E-state index contributed by atoms with van der Waals surface area (Å²) in [5, 5.41) is 10.1. The van der Waals surface area contributed by atoms with Crippen molar-refractivity contribution in [2.45, 2.75) is 63.3 Å². The van der Waals surface area contributed by atoms with Gasteiger partial charge in [0.2, 0.25) is 0 Å². The van der Waals surface area contributed by atoms with E-state index in [9.17, 15) is 9.90 Å². The molecule has 2 bridgehead atoms. The number of hydrogen-bond donors (Lipinski definition) is 1. The number of carbonyl (C=O) groups excluding carboxylic acids is 1. The summed E-state index contributed by atoms with van der Waals surface area (Å²) in [6.07, 6.45) is 7.81. The molecule has 3 fully saturated rings. The normalized spacial score (nSPS) is 38.0. The average molecular weight is 339 g/mol. The molecule has 4 atom stereocenters. The van der Waals surface area contributed by atoms with Crippen LogP contribution in [0.2, 0.25) is 0 Å². The van der Waals surface area contributed by atoms with E-state index in [4.69, 9.17) is 0 Å². The molecule has 0 aromatic heterocycles. The van der Waals surface area contributed by atoms with Gasteiger partial charge in [0.25, 0.3) is 0 Å². The number of ketones is 1. The summed E-state index contributed by atoms with van der Waals surface area (Å²) in [5.41, 5.74) is 2.64. The molecule has 0 amide bonds. The first-order chi connectivity index (χ1) is 12.1. The Labute approximate surface area is 150 Å². The van der Waals surface area contributed by atoms with Crippen LogP contribution >= 0.6 is 0 Å². The molecular weight excluding hydrogens is 310 g/mol. The molecule has 0 spiro atoms. The minimum atomic E-state index is -0.0259. The van der Waals surface area contributed by atoms with E-state index in [0.29, 0.717) is 35.8 Å². The average Bonchev–Trinajstić information content (AvgIpc) is 2.52. The Morgan fingerprint density at radius 1 is 1.28 bits per heavy atom. The van der Waals surface area contributed by atoms with E-state index in [1.165, 1.54) is 36.9 Å². The third-order valence-corrected chi connectivity index (χ3v) is 7.82. The Morgan fingerprint density at radius 3 is 2.88 bits per heavy atom. The first kappa shape index (κ1) is 15.9. The maximum Gasteiger partial charge on any atom is 0.134 e. The van der Waals surface area contributed by atoms with Crippen LogP contribution in [0.4, 0.5) is 0 Å². The molecule has 134 valence electrons. The third-order valence-electron chi connectivity index (χ3n) is 7.82. The van der Waals surface area contributed by atoms with E-state index in [1.54, 1.807) is 0 Å². The quantitative estimate of drug-likeness (QED) is 0.894. The van der Waals surface area contributed by atoms with Crippen molar-refractivity contribution in [1.29, 1.82) is 0 Å². The number of phenolic OH excluding ortho intramolecular Hbond substituents is 1. The first-order valence-electron chi connectivity index (χ1n) is 10.1. The number of hydrogen-bond acceptors (Lipinski definition) is 3. The summed E-state index contributed by atoms with van der Waals surface area (Å²) >= 11 is 0. The van der Waals surface area contributed by atoms with Gasteiger partial charge in [-0.2, -0.15) is 0 Å². The highest BCUT2D eigenvalue weighted by Crippen LogP contribution is 2.57. The number of phenols is 1. The van der Waals surface area contributed by atoms with Crippen molar-refractivity contribution in [3.63, 3.8) is 0 Å². The monoisotopic (exact) mass is 339 g/mol. The lowest BCUT2D eigenvalue weighted by Gasteiger charge is -2.61. The van der Waals surface area contributed by atoms with Crippen molar-refractivity contribution < 1.29 is 9.90 Å². The summed E-state index contributed by atoms with van der Waals surface area (Å²) in [6.45, 7) is 4.67. The molecule has 0 radical (unpaired) electrons. The van der Waals surface area contributed by atoms with E-state index in [-0.39, 0.29) is 5.41 Å². The molecule has 1 saturated heterocycles. The van der Waals surface area contributed by atoms with Crippen molar-refractivity contribution in [3.05, 3.63) is 29.3 Å². The summed E-state index contributed by atoms with van der Waals surface area (Å²) in [5.74, 6) is 2.69. The summed E-state index contributed by atoms with van der Waals surface area (Å²) in [6, 6.07) is 6.50. The van der Waals surface area contributed by atoms with E-state index in [2.05, 4.69) is 17.9 Å². The van der Waals surface area contributed by atoms with Crippen molar-refractivity contribution in [3.8, 4) is 5.75 Å². The molecule has 2 saturated carbocycles. The second kappa shape index (κ2) is 5.57. The highest BCUT2D eigenvalue weighted by atomic mass is 16.3. The number of Topliss-reactive ketones (excluding diaryl/α,β-unsaturated/α-hetero) is 1. The van der Waals surface area contributed by atoms with E-state index < -0.39 is 0 Å². The minimum Gasteiger partial charge on any atom is -0.508 e. The van der Waals surface area contributed by atoms with Gasteiger partial charge in [0, 0.05) is 30.8 Å². The zero-order valence-corrected chi connectivity index (χ0v) is 15.2. The molecule has 3 nitrogen and oxygen atoms in total. The Bertz CT molecular complexity index is 710. The molecule has 25 heavy (non-hydrogen) atoms. The smallest absolute Gasteiger partial charge is 0.134 e. The van der Waals surface area contributed by atoms with Gasteiger partial charge in [-0.05, 0) is 73.2 Å². The van der Waals surface area contributed by atoms with Gasteiger partial charge in [0.05, 0.1) is 0 Å². The molecule has 5 rings (SSSR count). The topological polar surface area (TPSA) is 40.5 Å². The van der Waals surface area contributed by atoms with Crippen molar-refractivity contribution >= 4 is 5.78 Å². The molecule has 4 aliphatic rings. The standard InChI is InChI=1S/C22H29NO2/c1-14-9-18(25)12-22-7-8-23(13-15-3-2-4-15)20(21(14)22)10-16-5-6-17(24)11-19(16)22/h5-6,11,14-15,20-21,24H,2-4,7-10,12-13H2,1H3/t14-,20?,21-,22?/m1/s1. The molecule has 3 aliphatic carbocycles. The molecule has 1 aromatic carbocycles. The maximum absolute atomic E-state index is 12.6. The Morgan fingerprint density at radius 2 is 2.12 bits per heavy atom. The van der Waals surface area contributed by atoms with Gasteiger partial charge >= 0.3 is 0 Å². The summed E-state index contributed by atoms with van der Waals surface area (Å²) in [7, 11) is 0. The fourth-order valence-corrected chi connectivity index (χ4v) is 6.64. The molecule has 3 heteroatoms. The van der Waals surface area contributed by atoms with Gasteiger partial charge < -0.3 is 5.11 Å². The van der Waals surface area contributed by atoms with Gasteiger partial charge in [-0.1, -0.05) is 19.4 Å². The number of piperidine rings is 1. The number of nitrogens with zero attached hydrogens (tertiary/aromatic N) is 1. The number of rotatable bonds is 2. The first-order valence-corrected chi connectivity index (χ1v) is 10.1. The number of likely N-dealkylation sites (tertiary alicyclic amines) is 1. The second-order valence-electron chi connectivity index (χ2n) is 9.23. The van der Waals surface area contributed by atoms with Crippen LogP contribution in [0, 0.1) is 17.8 Å². The predicted molar refractivity (Wildman–Crippen MR) is 97.7 cm³/mol. The molecule has 1 aromatic rings. The van der Waals surface area contributed by atoms with Gasteiger partial charge in [0.1, 0.15) is 11.5 Å². The van der Waals surface area contributed by atoms with E-state index >= 15 is 0 Å². The lowest BCUT2D eigenvalue weighted by molar-refractivity contribution is -0.131. The Hall–Kier alpha value is -1.35. The van der Waals surface area contributed by atoms with Crippen LogP contribution in [-0.2, 0) is 16.6 Å². The number of aromatic hydroxyl groups is 1. The summed E-state index contributed by atoms with van der Waals surface area (Å²) < 4.78 is 0. The highest BCUT2D eigenvalue weighted by Gasteiger charge is 2.57. The lowest BCUT2D eigenvalue weighted by atomic mass is 9.49. The van der Waals surface area contributed by atoms with Crippen LogP contribution in [0.1, 0.15) is 56.6 Å². The van der Waals surface area contributed by atoms with Crippen molar-refractivity contribution in [1.82, 2.24) is 4.90 Å². The van der Waals surface area contributed by atoms with Crippen LogP contribution in [0.15, 0.2) is 18.2 Å². The highest BCUT2D eigenvalue weighted by molar-refractivity contribution is 5.82. The molecular formula is C22H29NO2. The fraction of sp³-hybridized carbons (Fsp3) is 0.682. The lowest BCUT2D eigenvalue weighted by Crippen LogP contribution is -2.64. The number of carbonyl (C=O) groups is 1. The van der Waals surface area contributed by atoms with Crippen LogP contribution in [0.5, 0.6) is 5.75 Å². The van der Waals surface area contributed by atoms with Gasteiger partial charge in [-0.25, -0.2) is 0 Å². The van der Waals surface area contributed by atoms with Crippen LogP contribution < -0.4 is 0 Å². The maximum atomic E-state index is 12.6. The molecule has 1 N–H and O–H groups in total. The Kier molecular flexibility index (Phi) is 3.54. The van der Waals surface area contributed by atoms with Gasteiger partial charge in [-0.15, -0.1) is 0 Å². The molecule has 1 heterocycles. The minimum absolute atomic E-state index is 0.0259. The second-order valence-corrected chi connectivity index (χ2v) is 9.23. The fourth-order valence-electron chi connectivity index (χ4n) is 6.64. The van der Waals surface area contributed by atoms with Gasteiger partial charge in [0.15, 0.2) is 0 Å². The number of benzene rings is 1. The molecule has 1 aliphatic heterocycles.